The first kappa shape index (κ1) is 11.3. The number of nitrogens with zero attached hydrogens (tertiary/aromatic N) is 1. The highest BCUT2D eigenvalue weighted by Crippen LogP contribution is 2.21. The van der Waals surface area contributed by atoms with Crippen molar-refractivity contribution >= 4 is 11.3 Å². The molecule has 0 spiro atoms. The summed E-state index contributed by atoms with van der Waals surface area (Å²) in [5.41, 5.74) is 7.09. The van der Waals surface area contributed by atoms with Gasteiger partial charge in [-0.15, -0.1) is 11.3 Å². The van der Waals surface area contributed by atoms with E-state index in [4.69, 9.17) is 5.73 Å². The minimum absolute atomic E-state index is 0.00422. The SMILES string of the molecule is CCc1ccc(CC(N)c2ccccn2)s1. The molecule has 16 heavy (non-hydrogen) atoms. The normalized spacial score (nSPS) is 12.6. The molecule has 1 atom stereocenters. The van der Waals surface area contributed by atoms with E-state index >= 15 is 0 Å². The molecule has 0 radical (unpaired) electrons. The summed E-state index contributed by atoms with van der Waals surface area (Å²) in [4.78, 5) is 7.04. The fraction of sp³-hybridized carbons (Fsp3) is 0.308. The maximum absolute atomic E-state index is 6.12. The third-order valence-electron chi connectivity index (χ3n) is 2.55. The van der Waals surface area contributed by atoms with Gasteiger partial charge in [-0.25, -0.2) is 0 Å². The zero-order chi connectivity index (χ0) is 11.4. The van der Waals surface area contributed by atoms with Crippen LogP contribution in [0, 0.1) is 0 Å². The quantitative estimate of drug-likeness (QED) is 0.880. The number of pyridine rings is 1. The molecule has 0 fully saturated rings. The Morgan fingerprint density at radius 3 is 2.69 bits per heavy atom. The summed E-state index contributed by atoms with van der Waals surface area (Å²) < 4.78 is 0. The number of aromatic nitrogens is 1. The Kier molecular flexibility index (Phi) is 3.70. The lowest BCUT2D eigenvalue weighted by Crippen LogP contribution is -2.13. The average Bonchev–Trinajstić information content (AvgIpc) is 2.78. The van der Waals surface area contributed by atoms with Crippen molar-refractivity contribution in [1.82, 2.24) is 4.98 Å². The van der Waals surface area contributed by atoms with E-state index in [2.05, 4.69) is 24.0 Å². The Hall–Kier alpha value is -1.19. The van der Waals surface area contributed by atoms with Crippen molar-refractivity contribution in [3.63, 3.8) is 0 Å². The second-order valence-corrected chi connectivity index (χ2v) is 5.04. The predicted molar refractivity (Wildman–Crippen MR) is 68.6 cm³/mol. The number of hydrogen-bond donors (Lipinski definition) is 1. The highest BCUT2D eigenvalue weighted by Gasteiger charge is 2.09. The molecule has 0 bridgehead atoms. The van der Waals surface area contributed by atoms with E-state index in [-0.39, 0.29) is 6.04 Å². The predicted octanol–water partition coefficient (Wildman–Crippen LogP) is 2.95. The largest absolute Gasteiger partial charge is 0.322 e. The van der Waals surface area contributed by atoms with Crippen molar-refractivity contribution in [2.75, 3.05) is 0 Å². The lowest BCUT2D eigenvalue weighted by molar-refractivity contribution is 0.704. The summed E-state index contributed by atoms with van der Waals surface area (Å²) in [5.74, 6) is 0. The van der Waals surface area contributed by atoms with Gasteiger partial charge in [-0.05, 0) is 30.7 Å². The third kappa shape index (κ3) is 2.68. The molecule has 0 aliphatic rings. The molecule has 2 rings (SSSR count). The maximum atomic E-state index is 6.12. The molecular weight excluding hydrogens is 216 g/mol. The molecule has 2 aromatic heterocycles. The fourth-order valence-electron chi connectivity index (χ4n) is 1.64. The van der Waals surface area contributed by atoms with Gasteiger partial charge in [0.1, 0.15) is 0 Å². The van der Waals surface area contributed by atoms with Crippen LogP contribution in [0.3, 0.4) is 0 Å². The Morgan fingerprint density at radius 2 is 2.06 bits per heavy atom. The molecule has 2 nitrogen and oxygen atoms in total. The minimum atomic E-state index is 0.00422. The molecule has 0 aliphatic heterocycles. The smallest absolute Gasteiger partial charge is 0.0574 e. The monoisotopic (exact) mass is 232 g/mol. The highest BCUT2D eigenvalue weighted by atomic mass is 32.1. The van der Waals surface area contributed by atoms with Crippen LogP contribution >= 0.6 is 11.3 Å². The Bertz CT molecular complexity index is 436. The molecule has 84 valence electrons. The van der Waals surface area contributed by atoms with Crippen molar-refractivity contribution < 1.29 is 0 Å². The van der Waals surface area contributed by atoms with Crippen LogP contribution in [-0.2, 0) is 12.8 Å². The van der Waals surface area contributed by atoms with E-state index in [1.54, 1.807) is 6.20 Å². The Morgan fingerprint density at radius 1 is 1.25 bits per heavy atom. The maximum Gasteiger partial charge on any atom is 0.0574 e. The van der Waals surface area contributed by atoms with Crippen molar-refractivity contribution in [2.45, 2.75) is 25.8 Å². The van der Waals surface area contributed by atoms with Crippen LogP contribution < -0.4 is 5.73 Å². The van der Waals surface area contributed by atoms with Crippen LogP contribution in [0.1, 0.15) is 28.4 Å². The van der Waals surface area contributed by atoms with Gasteiger partial charge in [0, 0.05) is 22.4 Å². The molecule has 2 aromatic rings. The van der Waals surface area contributed by atoms with Gasteiger partial charge in [0.15, 0.2) is 0 Å². The Balaban J connectivity index is 2.05. The fourth-order valence-corrected chi connectivity index (χ4v) is 2.65. The van der Waals surface area contributed by atoms with Gasteiger partial charge in [0.05, 0.1) is 11.7 Å². The molecule has 0 aromatic carbocycles. The molecule has 0 saturated carbocycles. The molecule has 3 heteroatoms. The van der Waals surface area contributed by atoms with Crippen LogP contribution in [0.5, 0.6) is 0 Å². The van der Waals surface area contributed by atoms with E-state index in [1.165, 1.54) is 9.75 Å². The first-order valence-corrected chi connectivity index (χ1v) is 6.35. The summed E-state index contributed by atoms with van der Waals surface area (Å²) in [5, 5.41) is 0. The van der Waals surface area contributed by atoms with Crippen molar-refractivity contribution in [2.24, 2.45) is 5.73 Å². The third-order valence-corrected chi connectivity index (χ3v) is 3.81. The number of aryl methyl sites for hydroxylation is 1. The Labute approximate surface area is 100 Å². The van der Waals surface area contributed by atoms with Gasteiger partial charge in [-0.1, -0.05) is 13.0 Å². The molecule has 0 amide bonds. The molecule has 2 heterocycles. The molecule has 1 unspecified atom stereocenters. The van der Waals surface area contributed by atoms with E-state index < -0.39 is 0 Å². The van der Waals surface area contributed by atoms with E-state index in [9.17, 15) is 0 Å². The zero-order valence-electron chi connectivity index (χ0n) is 9.39. The second-order valence-electron chi connectivity index (χ2n) is 3.79. The first-order chi connectivity index (χ1) is 7.79. The number of hydrogen-bond acceptors (Lipinski definition) is 3. The van der Waals surface area contributed by atoms with Crippen molar-refractivity contribution in [3.05, 3.63) is 52.0 Å². The zero-order valence-corrected chi connectivity index (χ0v) is 10.2. The summed E-state index contributed by atoms with van der Waals surface area (Å²) in [6.45, 7) is 2.17. The molecule has 2 N–H and O–H groups in total. The van der Waals surface area contributed by atoms with Crippen LogP contribution in [0.25, 0.3) is 0 Å². The summed E-state index contributed by atoms with van der Waals surface area (Å²) in [7, 11) is 0. The van der Waals surface area contributed by atoms with Gasteiger partial charge in [-0.3, -0.25) is 4.98 Å². The average molecular weight is 232 g/mol. The first-order valence-electron chi connectivity index (χ1n) is 5.53. The lowest BCUT2D eigenvalue weighted by atomic mass is 10.1. The molecule has 0 aliphatic carbocycles. The van der Waals surface area contributed by atoms with Gasteiger partial charge >= 0.3 is 0 Å². The number of nitrogens with two attached hydrogens (primary N) is 1. The van der Waals surface area contributed by atoms with Crippen molar-refractivity contribution in [1.29, 1.82) is 0 Å². The molecule has 0 saturated heterocycles. The number of rotatable bonds is 4. The van der Waals surface area contributed by atoms with Crippen LogP contribution in [0.2, 0.25) is 0 Å². The van der Waals surface area contributed by atoms with Gasteiger partial charge in [0.2, 0.25) is 0 Å². The van der Waals surface area contributed by atoms with E-state index in [0.29, 0.717) is 0 Å². The van der Waals surface area contributed by atoms with Crippen molar-refractivity contribution in [3.8, 4) is 0 Å². The summed E-state index contributed by atoms with van der Waals surface area (Å²) in [6, 6.07) is 10.2. The van der Waals surface area contributed by atoms with Crippen LogP contribution in [-0.4, -0.2) is 4.98 Å². The topological polar surface area (TPSA) is 38.9 Å². The summed E-state index contributed by atoms with van der Waals surface area (Å²) >= 11 is 1.85. The molecular formula is C13H16N2S. The lowest BCUT2D eigenvalue weighted by Gasteiger charge is -2.08. The van der Waals surface area contributed by atoms with Crippen LogP contribution in [0.15, 0.2) is 36.5 Å². The summed E-state index contributed by atoms with van der Waals surface area (Å²) in [6.07, 6.45) is 3.77. The number of thiophene rings is 1. The second kappa shape index (κ2) is 5.23. The van der Waals surface area contributed by atoms with E-state index in [0.717, 1.165) is 18.5 Å². The van der Waals surface area contributed by atoms with Gasteiger partial charge < -0.3 is 5.73 Å². The van der Waals surface area contributed by atoms with E-state index in [1.807, 2.05) is 29.5 Å². The standard InChI is InChI=1S/C13H16N2S/c1-2-10-6-7-11(16-10)9-12(14)13-5-3-4-8-15-13/h3-8,12H,2,9,14H2,1H3. The van der Waals surface area contributed by atoms with Crippen LogP contribution in [0.4, 0.5) is 0 Å². The van der Waals surface area contributed by atoms with Gasteiger partial charge in [0.25, 0.3) is 0 Å². The minimum Gasteiger partial charge on any atom is -0.322 e. The van der Waals surface area contributed by atoms with Gasteiger partial charge in [-0.2, -0.15) is 0 Å². The highest BCUT2D eigenvalue weighted by molar-refractivity contribution is 7.11.